The monoisotopic (exact) mass is 269 g/mol. The Bertz CT molecular complexity index is 307. The summed E-state index contributed by atoms with van der Waals surface area (Å²) in [5, 5.41) is 2.66. The predicted molar refractivity (Wildman–Crippen MR) is 75.5 cm³/mol. The number of carbonyl (C=O) groups excluding carboxylic acids is 2. The molecule has 1 heterocycles. The van der Waals surface area contributed by atoms with Crippen molar-refractivity contribution in [2.75, 3.05) is 20.1 Å². The van der Waals surface area contributed by atoms with Crippen LogP contribution in [0.1, 0.15) is 45.4 Å². The van der Waals surface area contributed by atoms with Crippen molar-refractivity contribution in [2.45, 2.75) is 51.5 Å². The van der Waals surface area contributed by atoms with Gasteiger partial charge in [-0.2, -0.15) is 0 Å². The maximum atomic E-state index is 12.3. The number of carbonyl (C=O) groups is 2. The zero-order valence-electron chi connectivity index (χ0n) is 12.2. The predicted octanol–water partition coefficient (Wildman–Crippen LogP) is 0.879. The van der Waals surface area contributed by atoms with Crippen LogP contribution in [0.3, 0.4) is 0 Å². The first-order valence-corrected chi connectivity index (χ1v) is 7.31. The fraction of sp³-hybridized carbons (Fsp3) is 0.857. The van der Waals surface area contributed by atoms with E-state index in [0.717, 1.165) is 32.1 Å². The van der Waals surface area contributed by atoms with E-state index in [1.54, 1.807) is 11.9 Å². The third-order valence-corrected chi connectivity index (χ3v) is 3.88. The summed E-state index contributed by atoms with van der Waals surface area (Å²) in [4.78, 5) is 25.8. The van der Waals surface area contributed by atoms with Crippen molar-refractivity contribution >= 4 is 11.8 Å². The standard InChI is InChI=1S/C14H27N3O2/c1-11(8-9-15)6-7-13(18)17-10-4-3-5-12(17)14(19)16-2/h11-12H,3-10,15H2,1-2H3,(H,16,19). The second kappa shape index (κ2) is 8.15. The second-order valence-corrected chi connectivity index (χ2v) is 5.43. The molecule has 0 spiro atoms. The molecule has 2 amide bonds. The minimum absolute atomic E-state index is 0.0388. The van der Waals surface area contributed by atoms with Crippen LogP contribution in [-0.4, -0.2) is 42.9 Å². The highest BCUT2D eigenvalue weighted by Gasteiger charge is 2.31. The maximum Gasteiger partial charge on any atom is 0.242 e. The minimum Gasteiger partial charge on any atom is -0.357 e. The molecule has 0 aromatic heterocycles. The van der Waals surface area contributed by atoms with Gasteiger partial charge in [-0.3, -0.25) is 9.59 Å². The second-order valence-electron chi connectivity index (χ2n) is 5.43. The van der Waals surface area contributed by atoms with Crippen molar-refractivity contribution in [3.05, 3.63) is 0 Å². The lowest BCUT2D eigenvalue weighted by molar-refractivity contribution is -0.142. The zero-order chi connectivity index (χ0) is 14.3. The Morgan fingerprint density at radius 2 is 2.11 bits per heavy atom. The first kappa shape index (κ1) is 16.0. The molecule has 1 saturated heterocycles. The smallest absolute Gasteiger partial charge is 0.242 e. The molecule has 5 nitrogen and oxygen atoms in total. The molecule has 1 rings (SSSR count). The highest BCUT2D eigenvalue weighted by Crippen LogP contribution is 2.20. The van der Waals surface area contributed by atoms with Gasteiger partial charge in [0.1, 0.15) is 6.04 Å². The molecule has 2 unspecified atom stereocenters. The van der Waals surface area contributed by atoms with Gasteiger partial charge in [0.2, 0.25) is 11.8 Å². The lowest BCUT2D eigenvalue weighted by Gasteiger charge is -2.34. The molecule has 110 valence electrons. The molecule has 0 saturated carbocycles. The minimum atomic E-state index is -0.268. The molecule has 19 heavy (non-hydrogen) atoms. The Morgan fingerprint density at radius 3 is 2.74 bits per heavy atom. The van der Waals surface area contributed by atoms with Crippen molar-refractivity contribution in [2.24, 2.45) is 11.7 Å². The van der Waals surface area contributed by atoms with E-state index < -0.39 is 0 Å². The summed E-state index contributed by atoms with van der Waals surface area (Å²) in [5.41, 5.74) is 5.51. The SMILES string of the molecule is CNC(=O)C1CCCCN1C(=O)CCC(C)CCN. The molecule has 1 aliphatic heterocycles. The van der Waals surface area contributed by atoms with Crippen molar-refractivity contribution < 1.29 is 9.59 Å². The number of nitrogens with zero attached hydrogens (tertiary/aromatic N) is 1. The lowest BCUT2D eigenvalue weighted by Crippen LogP contribution is -2.51. The lowest BCUT2D eigenvalue weighted by atomic mass is 9.98. The molecule has 0 aromatic rings. The Morgan fingerprint density at radius 1 is 1.37 bits per heavy atom. The van der Waals surface area contributed by atoms with Gasteiger partial charge in [-0.25, -0.2) is 0 Å². The fourth-order valence-corrected chi connectivity index (χ4v) is 2.61. The third kappa shape index (κ3) is 4.82. The number of amides is 2. The van der Waals surface area contributed by atoms with Crippen LogP contribution in [0.15, 0.2) is 0 Å². The van der Waals surface area contributed by atoms with Gasteiger partial charge in [-0.15, -0.1) is 0 Å². The molecule has 3 N–H and O–H groups in total. The van der Waals surface area contributed by atoms with Gasteiger partial charge in [0.25, 0.3) is 0 Å². The first-order valence-electron chi connectivity index (χ1n) is 7.31. The Hall–Kier alpha value is -1.10. The van der Waals surface area contributed by atoms with Gasteiger partial charge < -0.3 is 16.0 Å². The average Bonchev–Trinajstić information content (AvgIpc) is 2.44. The van der Waals surface area contributed by atoms with Gasteiger partial charge in [0.15, 0.2) is 0 Å². The quantitative estimate of drug-likeness (QED) is 0.751. The van der Waals surface area contributed by atoms with Gasteiger partial charge in [0.05, 0.1) is 0 Å². The van der Waals surface area contributed by atoms with Crippen LogP contribution in [0.5, 0.6) is 0 Å². The number of piperidine rings is 1. The molecule has 0 aromatic carbocycles. The number of rotatable bonds is 6. The molecule has 1 aliphatic rings. The number of nitrogens with one attached hydrogen (secondary N) is 1. The topological polar surface area (TPSA) is 75.4 Å². The van der Waals surface area contributed by atoms with E-state index in [9.17, 15) is 9.59 Å². The normalized spacial score (nSPS) is 21.0. The van der Waals surface area contributed by atoms with Gasteiger partial charge in [-0.1, -0.05) is 6.92 Å². The summed E-state index contributed by atoms with van der Waals surface area (Å²) in [7, 11) is 1.63. The van der Waals surface area contributed by atoms with Gasteiger partial charge >= 0.3 is 0 Å². The Kier molecular flexibility index (Phi) is 6.84. The fourth-order valence-electron chi connectivity index (χ4n) is 2.61. The molecule has 0 aliphatic carbocycles. The number of nitrogens with two attached hydrogens (primary N) is 1. The summed E-state index contributed by atoms with van der Waals surface area (Å²) in [6, 6.07) is -0.268. The molecule has 0 radical (unpaired) electrons. The molecule has 0 bridgehead atoms. The molecule has 1 fully saturated rings. The van der Waals surface area contributed by atoms with E-state index in [-0.39, 0.29) is 17.9 Å². The summed E-state index contributed by atoms with van der Waals surface area (Å²) < 4.78 is 0. The van der Waals surface area contributed by atoms with Crippen LogP contribution >= 0.6 is 0 Å². The molecule has 2 atom stereocenters. The summed E-state index contributed by atoms with van der Waals surface area (Å²) >= 11 is 0. The number of likely N-dealkylation sites (N-methyl/N-ethyl adjacent to an activating group) is 1. The first-order chi connectivity index (χ1) is 9.10. The largest absolute Gasteiger partial charge is 0.357 e. The number of hydrogen-bond donors (Lipinski definition) is 2. The van der Waals surface area contributed by atoms with E-state index in [1.165, 1.54) is 0 Å². The number of hydrogen-bond acceptors (Lipinski definition) is 3. The highest BCUT2D eigenvalue weighted by molar-refractivity contribution is 5.87. The summed E-state index contributed by atoms with van der Waals surface area (Å²) in [5.74, 6) is 0.539. The molecule has 5 heteroatoms. The van der Waals surface area contributed by atoms with Crippen LogP contribution in [0.2, 0.25) is 0 Å². The van der Waals surface area contributed by atoms with E-state index in [1.807, 2.05) is 0 Å². The van der Waals surface area contributed by atoms with E-state index in [4.69, 9.17) is 5.73 Å². The van der Waals surface area contributed by atoms with Crippen molar-refractivity contribution in [1.29, 1.82) is 0 Å². The van der Waals surface area contributed by atoms with Gasteiger partial charge in [0, 0.05) is 20.0 Å². The van der Waals surface area contributed by atoms with Crippen molar-refractivity contribution in [3.8, 4) is 0 Å². The van der Waals surface area contributed by atoms with E-state index in [0.29, 0.717) is 25.4 Å². The van der Waals surface area contributed by atoms with E-state index in [2.05, 4.69) is 12.2 Å². The van der Waals surface area contributed by atoms with Crippen LogP contribution < -0.4 is 11.1 Å². The van der Waals surface area contributed by atoms with Crippen LogP contribution in [-0.2, 0) is 9.59 Å². The Labute approximate surface area is 115 Å². The van der Waals surface area contributed by atoms with Crippen molar-refractivity contribution in [1.82, 2.24) is 10.2 Å². The number of likely N-dealkylation sites (tertiary alicyclic amines) is 1. The van der Waals surface area contributed by atoms with E-state index >= 15 is 0 Å². The molecular weight excluding hydrogens is 242 g/mol. The summed E-state index contributed by atoms with van der Waals surface area (Å²) in [6.45, 7) is 3.49. The van der Waals surface area contributed by atoms with Crippen LogP contribution in [0, 0.1) is 5.92 Å². The average molecular weight is 269 g/mol. The summed E-state index contributed by atoms with van der Waals surface area (Å²) in [6.07, 6.45) is 5.13. The van der Waals surface area contributed by atoms with Crippen LogP contribution in [0.4, 0.5) is 0 Å². The molecular formula is C14H27N3O2. The Balaban J connectivity index is 2.50. The van der Waals surface area contributed by atoms with Gasteiger partial charge in [-0.05, 0) is 44.6 Å². The van der Waals surface area contributed by atoms with Crippen LogP contribution in [0.25, 0.3) is 0 Å². The highest BCUT2D eigenvalue weighted by atomic mass is 16.2. The third-order valence-electron chi connectivity index (χ3n) is 3.88. The van der Waals surface area contributed by atoms with Crippen molar-refractivity contribution in [3.63, 3.8) is 0 Å². The maximum absolute atomic E-state index is 12.3. The zero-order valence-corrected chi connectivity index (χ0v) is 12.2.